The van der Waals surface area contributed by atoms with Crippen LogP contribution in [0.4, 0.5) is 0 Å². The number of alkyl halides is 1. The molecule has 3 heteroatoms. The Bertz CT molecular complexity index is 526. The molecule has 0 N–H and O–H groups in total. The van der Waals surface area contributed by atoms with E-state index in [1.54, 1.807) is 0 Å². The fourth-order valence-corrected chi connectivity index (χ4v) is 2.44. The van der Waals surface area contributed by atoms with Gasteiger partial charge in [-0.05, 0) is 37.0 Å². The molecule has 2 nitrogen and oxygen atoms in total. The summed E-state index contributed by atoms with van der Waals surface area (Å²) in [6.07, 6.45) is 3.53. The number of hydrogen-bond acceptors (Lipinski definition) is 1. The lowest BCUT2D eigenvalue weighted by atomic mass is 10.1. The van der Waals surface area contributed by atoms with Gasteiger partial charge in [0.25, 0.3) is 0 Å². The summed E-state index contributed by atoms with van der Waals surface area (Å²) in [4.78, 5) is 4.71. The van der Waals surface area contributed by atoms with Crippen LogP contribution in [0.2, 0.25) is 0 Å². The average Bonchev–Trinajstić information content (AvgIpc) is 3.07. The normalized spacial score (nSPS) is 15.9. The van der Waals surface area contributed by atoms with Crippen LogP contribution in [0.5, 0.6) is 0 Å². The molecule has 84 valence electrons. The summed E-state index contributed by atoms with van der Waals surface area (Å²) < 4.78 is 2.24. The van der Waals surface area contributed by atoms with Gasteiger partial charge < -0.3 is 4.57 Å². The Morgan fingerprint density at radius 1 is 1.44 bits per heavy atom. The highest BCUT2D eigenvalue weighted by Crippen LogP contribution is 2.40. The summed E-state index contributed by atoms with van der Waals surface area (Å²) in [7, 11) is 2.12. The predicted octanol–water partition coefficient (Wildman–Crippen LogP) is 3.23. The molecule has 1 heterocycles. The van der Waals surface area contributed by atoms with Gasteiger partial charge in [-0.25, -0.2) is 4.98 Å². The van der Waals surface area contributed by atoms with Crippen LogP contribution in [0.25, 0.3) is 11.0 Å². The molecule has 1 aromatic heterocycles. The van der Waals surface area contributed by atoms with Crippen molar-refractivity contribution in [1.29, 1.82) is 0 Å². The first-order chi connectivity index (χ1) is 7.79. The lowest BCUT2D eigenvalue weighted by Crippen LogP contribution is -1.95. The van der Waals surface area contributed by atoms with Gasteiger partial charge in [-0.3, -0.25) is 0 Å². The topological polar surface area (TPSA) is 17.8 Å². The van der Waals surface area contributed by atoms with Crippen molar-refractivity contribution >= 4 is 22.6 Å². The minimum atomic E-state index is 0.679. The predicted molar refractivity (Wildman–Crippen MR) is 67.1 cm³/mol. The highest BCUT2D eigenvalue weighted by molar-refractivity contribution is 6.18. The Kier molecular flexibility index (Phi) is 2.40. The standard InChI is InChI=1S/C13H15ClN2/c1-16-12-8-9(6-7-14)2-5-11(12)15-13(16)10-3-4-10/h2,5,8,10H,3-4,6-7H2,1H3. The quantitative estimate of drug-likeness (QED) is 0.746. The van der Waals surface area contributed by atoms with E-state index >= 15 is 0 Å². The number of nitrogens with zero attached hydrogens (tertiary/aromatic N) is 2. The maximum atomic E-state index is 5.77. The number of hydrogen-bond donors (Lipinski definition) is 0. The third-order valence-electron chi connectivity index (χ3n) is 3.31. The fraction of sp³-hybridized carbons (Fsp3) is 0.462. The van der Waals surface area contributed by atoms with Gasteiger partial charge in [-0.2, -0.15) is 0 Å². The van der Waals surface area contributed by atoms with Crippen LogP contribution in [0.1, 0.15) is 30.1 Å². The third kappa shape index (κ3) is 1.61. The van der Waals surface area contributed by atoms with E-state index in [-0.39, 0.29) is 0 Å². The van der Waals surface area contributed by atoms with Crippen LogP contribution in [-0.2, 0) is 13.5 Å². The Labute approximate surface area is 100 Å². The molecule has 0 aliphatic heterocycles. The first kappa shape index (κ1) is 10.2. The summed E-state index contributed by atoms with van der Waals surface area (Å²) in [5.74, 6) is 2.63. The molecule has 0 amide bonds. The molecule has 1 fully saturated rings. The van der Waals surface area contributed by atoms with Crippen molar-refractivity contribution < 1.29 is 0 Å². The Balaban J connectivity index is 2.11. The molecule has 0 spiro atoms. The van der Waals surface area contributed by atoms with Crippen LogP contribution < -0.4 is 0 Å². The molecule has 1 saturated carbocycles. The van der Waals surface area contributed by atoms with Gasteiger partial charge in [0.1, 0.15) is 5.82 Å². The van der Waals surface area contributed by atoms with Crippen molar-refractivity contribution in [3.8, 4) is 0 Å². The van der Waals surface area contributed by atoms with Crippen molar-refractivity contribution in [1.82, 2.24) is 9.55 Å². The molecule has 0 bridgehead atoms. The van der Waals surface area contributed by atoms with Crippen LogP contribution in [0.3, 0.4) is 0 Å². The lowest BCUT2D eigenvalue weighted by Gasteiger charge is -2.01. The van der Waals surface area contributed by atoms with E-state index in [4.69, 9.17) is 16.6 Å². The summed E-state index contributed by atoms with van der Waals surface area (Å²) in [6, 6.07) is 6.47. The van der Waals surface area contributed by atoms with Crippen LogP contribution in [0.15, 0.2) is 18.2 Å². The van der Waals surface area contributed by atoms with E-state index in [0.717, 1.165) is 11.9 Å². The first-order valence-corrected chi connectivity index (χ1v) is 6.34. The molecule has 0 atom stereocenters. The van der Waals surface area contributed by atoms with E-state index in [1.165, 1.54) is 29.7 Å². The van der Waals surface area contributed by atoms with Gasteiger partial charge in [0, 0.05) is 18.8 Å². The van der Waals surface area contributed by atoms with Crippen molar-refractivity contribution in [2.24, 2.45) is 7.05 Å². The fourth-order valence-electron chi connectivity index (χ4n) is 2.23. The summed E-state index contributed by atoms with van der Waals surface area (Å²) in [5.41, 5.74) is 3.65. The van der Waals surface area contributed by atoms with Crippen molar-refractivity contribution in [2.75, 3.05) is 5.88 Å². The number of rotatable bonds is 3. The lowest BCUT2D eigenvalue weighted by molar-refractivity contribution is 0.819. The molecule has 16 heavy (non-hydrogen) atoms. The van der Waals surface area contributed by atoms with Gasteiger partial charge in [0.15, 0.2) is 0 Å². The van der Waals surface area contributed by atoms with E-state index in [1.807, 2.05) is 0 Å². The molecule has 3 rings (SSSR count). The molecular formula is C13H15ClN2. The number of aryl methyl sites for hydroxylation is 2. The second kappa shape index (κ2) is 3.77. The van der Waals surface area contributed by atoms with E-state index in [0.29, 0.717) is 11.8 Å². The van der Waals surface area contributed by atoms with Gasteiger partial charge in [0.05, 0.1) is 11.0 Å². The highest BCUT2D eigenvalue weighted by atomic mass is 35.5. The average molecular weight is 235 g/mol. The number of fused-ring (bicyclic) bond motifs is 1. The zero-order valence-corrected chi connectivity index (χ0v) is 10.2. The second-order valence-corrected chi connectivity index (χ2v) is 4.94. The largest absolute Gasteiger partial charge is 0.331 e. The van der Waals surface area contributed by atoms with Crippen LogP contribution in [0, 0.1) is 0 Å². The number of imidazole rings is 1. The molecule has 1 aliphatic rings. The molecule has 1 aromatic carbocycles. The molecular weight excluding hydrogens is 220 g/mol. The van der Waals surface area contributed by atoms with E-state index in [9.17, 15) is 0 Å². The molecule has 0 saturated heterocycles. The van der Waals surface area contributed by atoms with Gasteiger partial charge in [-0.1, -0.05) is 6.07 Å². The van der Waals surface area contributed by atoms with Crippen molar-refractivity contribution in [3.05, 3.63) is 29.6 Å². The van der Waals surface area contributed by atoms with Gasteiger partial charge in [-0.15, -0.1) is 11.6 Å². The zero-order valence-electron chi connectivity index (χ0n) is 9.41. The van der Waals surface area contributed by atoms with E-state index < -0.39 is 0 Å². The summed E-state index contributed by atoms with van der Waals surface area (Å²) >= 11 is 5.77. The smallest absolute Gasteiger partial charge is 0.112 e. The maximum Gasteiger partial charge on any atom is 0.112 e. The van der Waals surface area contributed by atoms with Gasteiger partial charge in [0.2, 0.25) is 0 Å². The minimum Gasteiger partial charge on any atom is -0.331 e. The zero-order chi connectivity index (χ0) is 11.1. The number of aromatic nitrogens is 2. The maximum absolute atomic E-state index is 5.77. The van der Waals surface area contributed by atoms with Crippen molar-refractivity contribution in [2.45, 2.75) is 25.2 Å². The van der Waals surface area contributed by atoms with Crippen LogP contribution >= 0.6 is 11.6 Å². The number of halogens is 1. The van der Waals surface area contributed by atoms with Gasteiger partial charge >= 0.3 is 0 Å². The minimum absolute atomic E-state index is 0.679. The van der Waals surface area contributed by atoms with Crippen LogP contribution in [-0.4, -0.2) is 15.4 Å². The summed E-state index contributed by atoms with van der Waals surface area (Å²) in [5, 5.41) is 0. The molecule has 0 radical (unpaired) electrons. The first-order valence-electron chi connectivity index (χ1n) is 5.81. The SMILES string of the molecule is Cn1c(C2CC2)nc2ccc(CCCl)cc21. The molecule has 0 unspecified atom stereocenters. The summed E-state index contributed by atoms with van der Waals surface area (Å²) in [6.45, 7) is 0. The number of benzene rings is 1. The van der Waals surface area contributed by atoms with Crippen molar-refractivity contribution in [3.63, 3.8) is 0 Å². The third-order valence-corrected chi connectivity index (χ3v) is 3.49. The Hall–Kier alpha value is -1.02. The van der Waals surface area contributed by atoms with E-state index in [2.05, 4.69) is 29.8 Å². The highest BCUT2D eigenvalue weighted by Gasteiger charge is 2.28. The monoisotopic (exact) mass is 234 g/mol. The molecule has 1 aliphatic carbocycles. The second-order valence-electron chi connectivity index (χ2n) is 4.57. The Morgan fingerprint density at radius 3 is 2.94 bits per heavy atom. The Morgan fingerprint density at radius 2 is 2.25 bits per heavy atom. The molecule has 2 aromatic rings.